The Labute approximate surface area is 191 Å². The number of amides is 1. The number of hydrogen-bond donors (Lipinski definition) is 3. The van der Waals surface area contributed by atoms with Gasteiger partial charge in [-0.15, -0.1) is 24.0 Å². The van der Waals surface area contributed by atoms with Crippen LogP contribution in [0.4, 0.5) is 5.69 Å². The fourth-order valence-electron chi connectivity index (χ4n) is 3.70. The second-order valence-electron chi connectivity index (χ2n) is 7.52. The molecule has 1 atom stereocenters. The fraction of sp³-hybridized carbons (Fsp3) is 0.619. The summed E-state index contributed by atoms with van der Waals surface area (Å²) in [4.78, 5) is 18.5. The van der Waals surface area contributed by atoms with Crippen molar-refractivity contribution in [1.29, 1.82) is 0 Å². The molecule has 1 aromatic rings. The van der Waals surface area contributed by atoms with E-state index >= 15 is 0 Å². The van der Waals surface area contributed by atoms with Crippen LogP contribution in [-0.2, 0) is 4.79 Å². The minimum Gasteiger partial charge on any atom is -0.495 e. The molecule has 0 bridgehead atoms. The Hall–Kier alpha value is -1.71. The number of rotatable bonds is 8. The van der Waals surface area contributed by atoms with Crippen molar-refractivity contribution >= 4 is 41.5 Å². The minimum absolute atomic E-state index is 0. The fourth-order valence-corrected chi connectivity index (χ4v) is 3.70. The lowest BCUT2D eigenvalue weighted by Gasteiger charge is -2.24. The van der Waals surface area contributed by atoms with Crippen LogP contribution in [0.2, 0.25) is 0 Å². The molecule has 1 amide bonds. The first-order valence-corrected chi connectivity index (χ1v) is 10.3. The van der Waals surface area contributed by atoms with Crippen LogP contribution in [0, 0.1) is 5.92 Å². The summed E-state index contributed by atoms with van der Waals surface area (Å²) in [5.41, 5.74) is 1.14. The Morgan fingerprint density at radius 1 is 1.21 bits per heavy atom. The number of methoxy groups -OCH3 is 1. The number of aliphatic imine (C=N–C) groups is 1. The molecule has 0 aromatic heterocycles. The van der Waals surface area contributed by atoms with E-state index in [1.54, 1.807) is 14.2 Å². The number of nitrogens with zero attached hydrogens (tertiary/aromatic N) is 2. The number of nitrogens with one attached hydrogen (secondary N) is 3. The Balaban J connectivity index is 0.00000300. The van der Waals surface area contributed by atoms with E-state index in [1.807, 2.05) is 18.2 Å². The highest BCUT2D eigenvalue weighted by molar-refractivity contribution is 14.0. The third kappa shape index (κ3) is 6.65. The van der Waals surface area contributed by atoms with Crippen LogP contribution in [0.3, 0.4) is 0 Å². The van der Waals surface area contributed by atoms with Crippen molar-refractivity contribution in [2.75, 3.05) is 45.2 Å². The van der Waals surface area contributed by atoms with Crippen molar-refractivity contribution in [3.8, 4) is 5.75 Å². The normalized spacial score (nSPS) is 19.2. The summed E-state index contributed by atoms with van der Waals surface area (Å²) in [6.45, 7) is 3.40. The summed E-state index contributed by atoms with van der Waals surface area (Å²) in [5, 5.41) is 9.88. The van der Waals surface area contributed by atoms with Crippen molar-refractivity contribution in [3.63, 3.8) is 0 Å². The molecule has 2 aliphatic rings. The van der Waals surface area contributed by atoms with Crippen LogP contribution < -0.4 is 25.6 Å². The van der Waals surface area contributed by atoms with Gasteiger partial charge < -0.3 is 25.6 Å². The Kier molecular flexibility index (Phi) is 9.83. The summed E-state index contributed by atoms with van der Waals surface area (Å²) in [6.07, 6.45) is 5.23. The maximum Gasteiger partial charge on any atom is 0.223 e. The van der Waals surface area contributed by atoms with Crippen molar-refractivity contribution in [2.45, 2.75) is 38.1 Å². The van der Waals surface area contributed by atoms with Crippen LogP contribution in [0.25, 0.3) is 0 Å². The van der Waals surface area contributed by atoms with E-state index in [0.29, 0.717) is 12.6 Å². The molecule has 1 aliphatic carbocycles. The first-order chi connectivity index (χ1) is 13.7. The van der Waals surface area contributed by atoms with Gasteiger partial charge in [0.05, 0.1) is 12.8 Å². The number of halogens is 1. The SMILES string of the molecule is CN=C(NCCCNC(=O)C1CCC1)NC1CCN(c2ccccc2OC)C1.I. The molecular weight excluding hydrogens is 481 g/mol. The molecule has 7 nitrogen and oxygen atoms in total. The number of benzene rings is 1. The van der Waals surface area contributed by atoms with Gasteiger partial charge >= 0.3 is 0 Å². The maximum absolute atomic E-state index is 11.8. The van der Waals surface area contributed by atoms with Gasteiger partial charge in [-0.1, -0.05) is 18.6 Å². The van der Waals surface area contributed by atoms with Gasteiger partial charge in [0.1, 0.15) is 5.75 Å². The number of para-hydroxylation sites is 2. The lowest BCUT2D eigenvalue weighted by Crippen LogP contribution is -2.45. The molecule has 0 radical (unpaired) electrons. The summed E-state index contributed by atoms with van der Waals surface area (Å²) in [5.74, 6) is 2.21. The second-order valence-corrected chi connectivity index (χ2v) is 7.52. The standard InChI is InChI=1S/C21H33N5O2.HI/c1-22-21(24-13-6-12-23-20(27)16-7-5-8-16)25-17-11-14-26(15-17)18-9-3-4-10-19(18)28-2;/h3-4,9-10,16-17H,5-8,11-15H2,1-2H3,(H,23,27)(H2,22,24,25);1H. The van der Waals surface area contributed by atoms with Crippen molar-refractivity contribution in [3.05, 3.63) is 24.3 Å². The van der Waals surface area contributed by atoms with Crippen molar-refractivity contribution in [1.82, 2.24) is 16.0 Å². The van der Waals surface area contributed by atoms with Gasteiger partial charge in [0.25, 0.3) is 0 Å². The average Bonchev–Trinajstić information content (AvgIpc) is 3.13. The lowest BCUT2D eigenvalue weighted by atomic mass is 9.85. The quantitative estimate of drug-likeness (QED) is 0.215. The predicted molar refractivity (Wildman–Crippen MR) is 128 cm³/mol. The molecule has 3 rings (SSSR count). The van der Waals surface area contributed by atoms with Crippen LogP contribution in [-0.4, -0.2) is 58.2 Å². The second kappa shape index (κ2) is 12.1. The van der Waals surface area contributed by atoms with E-state index < -0.39 is 0 Å². The van der Waals surface area contributed by atoms with E-state index in [4.69, 9.17) is 4.74 Å². The average molecular weight is 515 g/mol. The van der Waals surface area contributed by atoms with Crippen LogP contribution >= 0.6 is 24.0 Å². The molecule has 1 unspecified atom stereocenters. The summed E-state index contributed by atoms with van der Waals surface area (Å²) in [7, 11) is 3.51. The van der Waals surface area contributed by atoms with Crippen LogP contribution in [0.5, 0.6) is 5.75 Å². The van der Waals surface area contributed by atoms with E-state index in [1.165, 1.54) is 6.42 Å². The third-order valence-corrected chi connectivity index (χ3v) is 5.60. The maximum atomic E-state index is 11.8. The highest BCUT2D eigenvalue weighted by Crippen LogP contribution is 2.30. The van der Waals surface area contributed by atoms with Gasteiger partial charge in [0.15, 0.2) is 5.96 Å². The molecule has 1 aromatic carbocycles. The molecule has 2 fully saturated rings. The zero-order valence-electron chi connectivity index (χ0n) is 17.4. The number of hydrogen-bond acceptors (Lipinski definition) is 4. The molecular formula is C21H34IN5O2. The molecule has 3 N–H and O–H groups in total. The van der Waals surface area contributed by atoms with E-state index in [-0.39, 0.29) is 35.8 Å². The zero-order chi connectivity index (χ0) is 19.8. The van der Waals surface area contributed by atoms with Crippen LogP contribution in [0.15, 0.2) is 29.3 Å². The van der Waals surface area contributed by atoms with E-state index in [0.717, 1.165) is 62.7 Å². The first-order valence-electron chi connectivity index (χ1n) is 10.3. The highest BCUT2D eigenvalue weighted by Gasteiger charge is 2.25. The molecule has 1 heterocycles. The predicted octanol–water partition coefficient (Wildman–Crippen LogP) is 2.36. The summed E-state index contributed by atoms with van der Waals surface area (Å²) >= 11 is 0. The number of carbonyl (C=O) groups is 1. The third-order valence-electron chi connectivity index (χ3n) is 5.60. The molecule has 162 valence electrons. The molecule has 8 heteroatoms. The topological polar surface area (TPSA) is 78.0 Å². The largest absolute Gasteiger partial charge is 0.495 e. The van der Waals surface area contributed by atoms with Gasteiger partial charge in [-0.3, -0.25) is 9.79 Å². The molecule has 0 spiro atoms. The smallest absolute Gasteiger partial charge is 0.223 e. The minimum atomic E-state index is 0. The van der Waals surface area contributed by atoms with Gasteiger partial charge in [-0.25, -0.2) is 0 Å². The van der Waals surface area contributed by atoms with Gasteiger partial charge in [-0.2, -0.15) is 0 Å². The van der Waals surface area contributed by atoms with E-state index in [2.05, 4.69) is 31.9 Å². The van der Waals surface area contributed by atoms with Crippen LogP contribution in [0.1, 0.15) is 32.1 Å². The van der Waals surface area contributed by atoms with Gasteiger partial charge in [0.2, 0.25) is 5.91 Å². The number of carbonyl (C=O) groups excluding carboxylic acids is 1. The Bertz CT molecular complexity index is 681. The number of guanidine groups is 1. The first kappa shape index (κ1) is 23.6. The zero-order valence-corrected chi connectivity index (χ0v) is 19.8. The highest BCUT2D eigenvalue weighted by atomic mass is 127. The summed E-state index contributed by atoms with van der Waals surface area (Å²) < 4.78 is 5.49. The number of ether oxygens (including phenoxy) is 1. The molecule has 29 heavy (non-hydrogen) atoms. The van der Waals surface area contributed by atoms with E-state index in [9.17, 15) is 4.79 Å². The monoisotopic (exact) mass is 515 g/mol. The summed E-state index contributed by atoms with van der Waals surface area (Å²) in [6, 6.07) is 8.48. The lowest BCUT2D eigenvalue weighted by molar-refractivity contribution is -0.127. The Morgan fingerprint density at radius 2 is 1.97 bits per heavy atom. The van der Waals surface area contributed by atoms with Crippen molar-refractivity contribution in [2.24, 2.45) is 10.9 Å². The molecule has 1 saturated heterocycles. The molecule has 1 saturated carbocycles. The number of anilines is 1. The van der Waals surface area contributed by atoms with Crippen molar-refractivity contribution < 1.29 is 9.53 Å². The van der Waals surface area contributed by atoms with Gasteiger partial charge in [0, 0.05) is 45.2 Å². The van der Waals surface area contributed by atoms with Gasteiger partial charge in [-0.05, 0) is 37.8 Å². The molecule has 1 aliphatic heterocycles. The Morgan fingerprint density at radius 3 is 2.66 bits per heavy atom.